The molecule has 0 spiro atoms. The molecule has 2 aromatic carbocycles. The van der Waals surface area contributed by atoms with Gasteiger partial charge in [-0.05, 0) is 36.8 Å². The number of esters is 1. The topological polar surface area (TPSA) is 89.5 Å². The highest BCUT2D eigenvalue weighted by molar-refractivity contribution is 7.90. The average Bonchev–Trinajstić information content (AvgIpc) is 2.60. The second kappa shape index (κ2) is 8.33. The molecule has 0 fully saturated rings. The van der Waals surface area contributed by atoms with Crippen molar-refractivity contribution in [3.8, 4) is 0 Å². The summed E-state index contributed by atoms with van der Waals surface area (Å²) in [4.78, 5) is 24.2. The number of benzene rings is 2. The first-order valence-corrected chi connectivity index (χ1v) is 9.97. The van der Waals surface area contributed by atoms with E-state index in [4.69, 9.17) is 16.3 Å². The molecule has 0 aliphatic carbocycles. The Morgan fingerprint density at radius 2 is 1.73 bits per heavy atom. The maximum atomic E-state index is 12.3. The van der Waals surface area contributed by atoms with Gasteiger partial charge in [0.25, 0.3) is 5.91 Å². The van der Waals surface area contributed by atoms with Crippen LogP contribution in [0, 0.1) is 0 Å². The predicted molar refractivity (Wildman–Crippen MR) is 97.7 cm³/mol. The standard InChI is InChI=1S/C18H18ClNO5S/c1-12(17(21)20-11-13-7-9-14(19)10-8-13)25-18(22)15-5-3-4-6-16(15)26(2,23)24/h3-10,12H,11H2,1-2H3,(H,20,21). The van der Waals surface area contributed by atoms with Gasteiger partial charge in [-0.1, -0.05) is 35.9 Å². The van der Waals surface area contributed by atoms with Gasteiger partial charge in [-0.3, -0.25) is 4.79 Å². The molecule has 138 valence electrons. The van der Waals surface area contributed by atoms with Crippen molar-refractivity contribution in [1.82, 2.24) is 5.32 Å². The van der Waals surface area contributed by atoms with Gasteiger partial charge in [0.05, 0.1) is 10.5 Å². The Hall–Kier alpha value is -2.38. The molecule has 1 atom stereocenters. The van der Waals surface area contributed by atoms with Crippen LogP contribution in [0.3, 0.4) is 0 Å². The summed E-state index contributed by atoms with van der Waals surface area (Å²) in [6, 6.07) is 12.6. The van der Waals surface area contributed by atoms with E-state index in [9.17, 15) is 18.0 Å². The van der Waals surface area contributed by atoms with E-state index in [1.54, 1.807) is 24.3 Å². The second-order valence-electron chi connectivity index (χ2n) is 5.66. The molecule has 1 N–H and O–H groups in total. The number of amides is 1. The number of hydrogen-bond donors (Lipinski definition) is 1. The number of hydrogen-bond acceptors (Lipinski definition) is 5. The first-order chi connectivity index (χ1) is 12.2. The van der Waals surface area contributed by atoms with E-state index in [-0.39, 0.29) is 17.0 Å². The molecule has 0 saturated heterocycles. The molecular formula is C18H18ClNO5S. The third-order valence-electron chi connectivity index (χ3n) is 3.54. The number of carbonyl (C=O) groups excluding carboxylic acids is 2. The van der Waals surface area contributed by atoms with E-state index in [2.05, 4.69) is 5.32 Å². The molecule has 26 heavy (non-hydrogen) atoms. The fourth-order valence-electron chi connectivity index (χ4n) is 2.17. The Balaban J connectivity index is 2.00. The monoisotopic (exact) mass is 395 g/mol. The average molecular weight is 396 g/mol. The summed E-state index contributed by atoms with van der Waals surface area (Å²) in [6.07, 6.45) is -0.0797. The third-order valence-corrected chi connectivity index (χ3v) is 4.95. The van der Waals surface area contributed by atoms with Crippen molar-refractivity contribution in [1.29, 1.82) is 0 Å². The minimum absolute atomic E-state index is 0.104. The SMILES string of the molecule is CC(OC(=O)c1ccccc1S(C)(=O)=O)C(=O)NCc1ccc(Cl)cc1. The maximum absolute atomic E-state index is 12.3. The van der Waals surface area contributed by atoms with Gasteiger partial charge in [0.15, 0.2) is 15.9 Å². The molecule has 2 aromatic rings. The summed E-state index contributed by atoms with van der Waals surface area (Å²) in [6.45, 7) is 1.66. The summed E-state index contributed by atoms with van der Waals surface area (Å²) >= 11 is 5.80. The fraction of sp³-hybridized carbons (Fsp3) is 0.222. The summed E-state index contributed by atoms with van der Waals surface area (Å²) in [5.74, 6) is -1.37. The smallest absolute Gasteiger partial charge is 0.340 e. The Kier molecular flexibility index (Phi) is 6.39. The van der Waals surface area contributed by atoms with Crippen molar-refractivity contribution in [2.45, 2.75) is 24.5 Å². The van der Waals surface area contributed by atoms with Crippen molar-refractivity contribution in [2.75, 3.05) is 6.26 Å². The molecule has 1 amide bonds. The summed E-state index contributed by atoms with van der Waals surface area (Å²) in [5, 5.41) is 3.23. The van der Waals surface area contributed by atoms with Crippen molar-refractivity contribution in [3.63, 3.8) is 0 Å². The Bertz CT molecular complexity index is 909. The number of halogens is 1. The number of carbonyl (C=O) groups is 2. The Morgan fingerprint density at radius 3 is 2.35 bits per heavy atom. The molecule has 8 heteroatoms. The summed E-state index contributed by atoms with van der Waals surface area (Å²) in [7, 11) is -3.60. The molecule has 0 saturated carbocycles. The minimum Gasteiger partial charge on any atom is -0.449 e. The van der Waals surface area contributed by atoms with Crippen LogP contribution >= 0.6 is 11.6 Å². The highest BCUT2D eigenvalue weighted by atomic mass is 35.5. The zero-order valence-corrected chi connectivity index (χ0v) is 15.8. The number of ether oxygens (including phenoxy) is 1. The lowest BCUT2D eigenvalue weighted by Crippen LogP contribution is -2.35. The number of rotatable bonds is 6. The molecule has 0 radical (unpaired) electrons. The van der Waals surface area contributed by atoms with Crippen molar-refractivity contribution >= 4 is 33.3 Å². The molecule has 0 aliphatic heterocycles. The first-order valence-electron chi connectivity index (χ1n) is 7.70. The van der Waals surface area contributed by atoms with Crippen LogP contribution < -0.4 is 5.32 Å². The Labute approximate surface area is 157 Å². The highest BCUT2D eigenvalue weighted by Crippen LogP contribution is 2.17. The van der Waals surface area contributed by atoms with Crippen LogP contribution in [0.15, 0.2) is 53.4 Å². The van der Waals surface area contributed by atoms with Gasteiger partial charge in [0, 0.05) is 17.8 Å². The van der Waals surface area contributed by atoms with E-state index in [1.807, 2.05) is 0 Å². The zero-order chi connectivity index (χ0) is 19.3. The second-order valence-corrected chi connectivity index (χ2v) is 8.08. The molecule has 1 unspecified atom stereocenters. The van der Waals surface area contributed by atoms with Crippen LogP contribution in [-0.4, -0.2) is 32.7 Å². The normalized spacial score (nSPS) is 12.3. The van der Waals surface area contributed by atoms with Crippen molar-refractivity contribution in [3.05, 3.63) is 64.7 Å². The van der Waals surface area contributed by atoms with E-state index < -0.39 is 27.8 Å². The van der Waals surface area contributed by atoms with E-state index in [0.717, 1.165) is 11.8 Å². The van der Waals surface area contributed by atoms with Crippen LogP contribution in [0.1, 0.15) is 22.8 Å². The molecule has 0 aromatic heterocycles. The van der Waals surface area contributed by atoms with Crippen molar-refractivity contribution in [2.24, 2.45) is 0 Å². The van der Waals surface area contributed by atoms with Gasteiger partial charge >= 0.3 is 5.97 Å². The van der Waals surface area contributed by atoms with E-state index in [0.29, 0.717) is 5.02 Å². The quantitative estimate of drug-likeness (QED) is 0.759. The zero-order valence-electron chi connectivity index (χ0n) is 14.2. The minimum atomic E-state index is -3.60. The van der Waals surface area contributed by atoms with Crippen molar-refractivity contribution < 1.29 is 22.7 Å². The lowest BCUT2D eigenvalue weighted by molar-refractivity contribution is -0.129. The van der Waals surface area contributed by atoms with E-state index in [1.165, 1.54) is 31.2 Å². The molecule has 0 heterocycles. The Morgan fingerprint density at radius 1 is 1.12 bits per heavy atom. The van der Waals surface area contributed by atoms with Gasteiger partial charge in [0.1, 0.15) is 0 Å². The maximum Gasteiger partial charge on any atom is 0.340 e. The molecule has 0 bridgehead atoms. The van der Waals surface area contributed by atoms with Crippen LogP contribution in [0.4, 0.5) is 0 Å². The van der Waals surface area contributed by atoms with Crippen LogP contribution in [-0.2, 0) is 25.9 Å². The molecular weight excluding hydrogens is 378 g/mol. The lowest BCUT2D eigenvalue weighted by atomic mass is 10.2. The van der Waals surface area contributed by atoms with Gasteiger partial charge in [-0.15, -0.1) is 0 Å². The van der Waals surface area contributed by atoms with Gasteiger partial charge in [-0.25, -0.2) is 13.2 Å². The van der Waals surface area contributed by atoms with Crippen LogP contribution in [0.5, 0.6) is 0 Å². The first kappa shape index (κ1) is 19.9. The molecule has 6 nitrogen and oxygen atoms in total. The largest absolute Gasteiger partial charge is 0.449 e. The van der Waals surface area contributed by atoms with Gasteiger partial charge in [0.2, 0.25) is 0 Å². The predicted octanol–water partition coefficient (Wildman–Crippen LogP) is 2.61. The van der Waals surface area contributed by atoms with Crippen LogP contribution in [0.2, 0.25) is 5.02 Å². The van der Waals surface area contributed by atoms with E-state index >= 15 is 0 Å². The molecule has 2 rings (SSSR count). The summed E-state index contributed by atoms with van der Waals surface area (Å²) < 4.78 is 28.6. The highest BCUT2D eigenvalue weighted by Gasteiger charge is 2.23. The van der Waals surface area contributed by atoms with Gasteiger partial charge in [-0.2, -0.15) is 0 Å². The lowest BCUT2D eigenvalue weighted by Gasteiger charge is -2.14. The fourth-order valence-corrected chi connectivity index (χ4v) is 3.17. The van der Waals surface area contributed by atoms with Gasteiger partial charge < -0.3 is 10.1 Å². The summed E-state index contributed by atoms with van der Waals surface area (Å²) in [5.41, 5.74) is 0.732. The number of sulfone groups is 1. The molecule has 0 aliphatic rings. The number of nitrogens with one attached hydrogen (secondary N) is 1. The third kappa shape index (κ3) is 5.31. The van der Waals surface area contributed by atoms with Crippen LogP contribution in [0.25, 0.3) is 0 Å².